The number of aliphatic carboxylic acids is 1. The van der Waals surface area contributed by atoms with Crippen LogP contribution in [0, 0.1) is 6.92 Å². The van der Waals surface area contributed by atoms with E-state index < -0.39 is 29.6 Å². The molecule has 0 aliphatic heterocycles. The lowest BCUT2D eigenvalue weighted by atomic mass is 10.0. The molecule has 0 aliphatic rings. The van der Waals surface area contributed by atoms with Crippen molar-refractivity contribution in [3.63, 3.8) is 0 Å². The van der Waals surface area contributed by atoms with Crippen LogP contribution in [0.3, 0.4) is 0 Å². The zero-order valence-corrected chi connectivity index (χ0v) is 17.6. The van der Waals surface area contributed by atoms with Crippen LogP contribution in [0.1, 0.15) is 37.3 Å². The van der Waals surface area contributed by atoms with Gasteiger partial charge in [0.1, 0.15) is 11.6 Å². The third kappa shape index (κ3) is 6.54. The van der Waals surface area contributed by atoms with E-state index in [1.54, 1.807) is 25.1 Å². The van der Waals surface area contributed by atoms with E-state index in [2.05, 4.69) is 10.6 Å². The van der Waals surface area contributed by atoms with Crippen molar-refractivity contribution in [1.82, 2.24) is 10.6 Å². The normalized spacial score (nSPS) is 12.9. The molecule has 7 N–H and O–H groups in total. The SMILES string of the molecule is Cc1c(CC(=O)NCCCC[C@H](NC(=O)[C@@H](C)N)C(=O)O)c(=O)oc2cc(N)ccc12. The highest BCUT2D eigenvalue weighted by atomic mass is 16.4. The van der Waals surface area contributed by atoms with Crippen molar-refractivity contribution in [2.45, 2.75) is 51.6 Å². The number of carboxylic acid groups (broad SMARTS) is 1. The number of carbonyl (C=O) groups excluding carboxylic acids is 2. The van der Waals surface area contributed by atoms with Gasteiger partial charge in [-0.3, -0.25) is 9.59 Å². The number of rotatable bonds is 10. The summed E-state index contributed by atoms with van der Waals surface area (Å²) in [7, 11) is 0. The summed E-state index contributed by atoms with van der Waals surface area (Å²) >= 11 is 0. The first-order chi connectivity index (χ1) is 14.6. The van der Waals surface area contributed by atoms with E-state index >= 15 is 0 Å². The fraction of sp³-hybridized carbons (Fsp3) is 0.429. The number of aryl methyl sites for hydroxylation is 1. The Labute approximate surface area is 179 Å². The second-order valence-corrected chi connectivity index (χ2v) is 7.46. The zero-order chi connectivity index (χ0) is 23.1. The van der Waals surface area contributed by atoms with Crippen LogP contribution < -0.4 is 27.7 Å². The van der Waals surface area contributed by atoms with Gasteiger partial charge in [0, 0.05) is 23.7 Å². The molecule has 10 nitrogen and oxygen atoms in total. The van der Waals surface area contributed by atoms with Crippen LogP contribution in [0.2, 0.25) is 0 Å². The predicted molar refractivity (Wildman–Crippen MR) is 115 cm³/mol. The zero-order valence-electron chi connectivity index (χ0n) is 17.6. The minimum Gasteiger partial charge on any atom is -0.480 e. The van der Waals surface area contributed by atoms with Crippen LogP contribution in [-0.4, -0.2) is 41.5 Å². The highest BCUT2D eigenvalue weighted by molar-refractivity contribution is 5.87. The number of carbonyl (C=O) groups is 3. The van der Waals surface area contributed by atoms with Gasteiger partial charge in [0.25, 0.3) is 0 Å². The van der Waals surface area contributed by atoms with Gasteiger partial charge in [-0.05, 0) is 50.8 Å². The van der Waals surface area contributed by atoms with Crippen molar-refractivity contribution in [3.05, 3.63) is 39.7 Å². The van der Waals surface area contributed by atoms with Crippen molar-refractivity contribution < 1.29 is 23.9 Å². The number of carboxylic acids is 1. The summed E-state index contributed by atoms with van der Waals surface area (Å²) in [6, 6.07) is 3.17. The molecule has 0 spiro atoms. The molecule has 0 saturated heterocycles. The Hall–Kier alpha value is -3.40. The van der Waals surface area contributed by atoms with E-state index in [0.717, 1.165) is 0 Å². The average Bonchev–Trinajstić information content (AvgIpc) is 2.69. The lowest BCUT2D eigenvalue weighted by Crippen LogP contribution is -2.47. The fourth-order valence-electron chi connectivity index (χ4n) is 3.10. The van der Waals surface area contributed by atoms with Gasteiger partial charge in [0.05, 0.1) is 18.0 Å². The molecule has 2 amide bonds. The summed E-state index contributed by atoms with van der Waals surface area (Å²) in [5, 5.41) is 15.0. The van der Waals surface area contributed by atoms with Crippen molar-refractivity contribution >= 4 is 34.4 Å². The van der Waals surface area contributed by atoms with Gasteiger partial charge in [-0.15, -0.1) is 0 Å². The molecule has 0 radical (unpaired) electrons. The molecule has 168 valence electrons. The molecule has 2 rings (SSSR count). The molecule has 31 heavy (non-hydrogen) atoms. The van der Waals surface area contributed by atoms with E-state index in [1.165, 1.54) is 6.92 Å². The molecule has 0 saturated carbocycles. The first kappa shape index (κ1) is 23.9. The summed E-state index contributed by atoms with van der Waals surface area (Å²) < 4.78 is 5.28. The molecule has 10 heteroatoms. The molecule has 0 bridgehead atoms. The molecule has 0 fully saturated rings. The smallest absolute Gasteiger partial charge is 0.340 e. The van der Waals surface area contributed by atoms with Gasteiger partial charge in [-0.1, -0.05) is 0 Å². The largest absolute Gasteiger partial charge is 0.480 e. The number of nitrogens with two attached hydrogens (primary N) is 2. The Kier molecular flexibility index (Phi) is 8.14. The fourth-order valence-corrected chi connectivity index (χ4v) is 3.10. The molecular weight excluding hydrogens is 404 g/mol. The molecule has 1 aromatic heterocycles. The molecule has 0 unspecified atom stereocenters. The maximum absolute atomic E-state index is 12.3. The third-order valence-electron chi connectivity index (χ3n) is 4.92. The highest BCUT2D eigenvalue weighted by Crippen LogP contribution is 2.21. The minimum absolute atomic E-state index is 0.128. The lowest BCUT2D eigenvalue weighted by molar-refractivity contribution is -0.142. The number of hydrogen-bond donors (Lipinski definition) is 5. The van der Waals surface area contributed by atoms with Gasteiger partial charge >= 0.3 is 11.6 Å². The maximum Gasteiger partial charge on any atom is 0.340 e. The van der Waals surface area contributed by atoms with Crippen molar-refractivity contribution in [3.8, 4) is 0 Å². The highest BCUT2D eigenvalue weighted by Gasteiger charge is 2.21. The van der Waals surface area contributed by atoms with Gasteiger partial charge < -0.3 is 31.6 Å². The standard InChI is InChI=1S/C21H28N4O6/c1-11-14-7-6-13(23)9-17(14)31-21(30)15(11)10-18(26)24-8-4-3-5-16(20(28)29)25-19(27)12(2)22/h6-7,9,12,16H,3-5,8,10,22-23H2,1-2H3,(H,24,26)(H,25,27)(H,28,29)/t12-,16+/m1/s1. The number of amides is 2. The lowest BCUT2D eigenvalue weighted by Gasteiger charge is -2.16. The van der Waals surface area contributed by atoms with Gasteiger partial charge in [-0.2, -0.15) is 0 Å². The van der Waals surface area contributed by atoms with Crippen molar-refractivity contribution in [2.75, 3.05) is 12.3 Å². The van der Waals surface area contributed by atoms with Crippen LogP contribution >= 0.6 is 0 Å². The van der Waals surface area contributed by atoms with Crippen LogP contribution in [0.5, 0.6) is 0 Å². The Bertz CT molecular complexity index is 1030. The van der Waals surface area contributed by atoms with Crippen molar-refractivity contribution in [1.29, 1.82) is 0 Å². The van der Waals surface area contributed by atoms with E-state index in [1.807, 2.05) is 0 Å². The number of hydrogen-bond acceptors (Lipinski definition) is 7. The Morgan fingerprint density at radius 1 is 1.23 bits per heavy atom. The maximum atomic E-state index is 12.3. The van der Waals surface area contributed by atoms with Crippen LogP contribution in [0.15, 0.2) is 27.4 Å². The van der Waals surface area contributed by atoms with Crippen LogP contribution in [0.25, 0.3) is 11.0 Å². The first-order valence-electron chi connectivity index (χ1n) is 9.97. The van der Waals surface area contributed by atoms with Gasteiger partial charge in [0.2, 0.25) is 11.8 Å². The topological polar surface area (TPSA) is 178 Å². The molecule has 1 aromatic carbocycles. The average molecular weight is 432 g/mol. The van der Waals surface area contributed by atoms with Crippen LogP contribution in [0.4, 0.5) is 5.69 Å². The number of unbranched alkanes of at least 4 members (excludes halogenated alkanes) is 1. The monoisotopic (exact) mass is 432 g/mol. The molecule has 2 aromatic rings. The second kappa shape index (κ2) is 10.6. The van der Waals surface area contributed by atoms with Crippen molar-refractivity contribution in [2.24, 2.45) is 5.73 Å². The number of nitrogens with one attached hydrogen (secondary N) is 2. The van der Waals surface area contributed by atoms with E-state index in [-0.39, 0.29) is 24.3 Å². The number of fused-ring (bicyclic) bond motifs is 1. The van der Waals surface area contributed by atoms with E-state index in [0.29, 0.717) is 41.6 Å². The van der Waals surface area contributed by atoms with Crippen LogP contribution in [-0.2, 0) is 20.8 Å². The van der Waals surface area contributed by atoms with E-state index in [4.69, 9.17) is 15.9 Å². The summed E-state index contributed by atoms with van der Waals surface area (Å²) in [4.78, 5) is 47.3. The minimum atomic E-state index is -1.14. The summed E-state index contributed by atoms with van der Waals surface area (Å²) in [6.45, 7) is 3.53. The molecule has 0 aliphatic carbocycles. The molecule has 2 atom stereocenters. The number of anilines is 1. The molecular formula is C21H28N4O6. The van der Waals surface area contributed by atoms with Gasteiger partial charge in [-0.25, -0.2) is 9.59 Å². The number of nitrogen functional groups attached to an aromatic ring is 1. The summed E-state index contributed by atoms with van der Waals surface area (Å²) in [5.41, 5.74) is 12.3. The number of benzene rings is 1. The second-order valence-electron chi connectivity index (χ2n) is 7.46. The third-order valence-corrected chi connectivity index (χ3v) is 4.92. The Morgan fingerprint density at radius 3 is 2.58 bits per heavy atom. The Balaban J connectivity index is 1.86. The van der Waals surface area contributed by atoms with E-state index in [9.17, 15) is 24.3 Å². The summed E-state index contributed by atoms with van der Waals surface area (Å²) in [5.74, 6) is -2.02. The predicted octanol–water partition coefficient (Wildman–Crippen LogP) is 0.429. The summed E-state index contributed by atoms with van der Waals surface area (Å²) in [6.07, 6.45) is 1.06. The van der Waals surface area contributed by atoms with Gasteiger partial charge in [0.15, 0.2) is 0 Å². The Morgan fingerprint density at radius 2 is 1.94 bits per heavy atom. The quantitative estimate of drug-likeness (QED) is 0.204. The first-order valence-corrected chi connectivity index (χ1v) is 9.97. The molecule has 1 heterocycles.